The minimum atomic E-state index is -0.270. The number of nitrogens with zero attached hydrogens (tertiary/aromatic N) is 3. The predicted octanol–water partition coefficient (Wildman–Crippen LogP) is 2.27. The van der Waals surface area contributed by atoms with E-state index in [0.717, 1.165) is 18.4 Å². The number of carbonyl (C=O) groups excluding carboxylic acids is 2. The van der Waals surface area contributed by atoms with E-state index in [9.17, 15) is 9.59 Å². The van der Waals surface area contributed by atoms with Crippen LogP contribution in [-0.4, -0.2) is 39.5 Å². The van der Waals surface area contributed by atoms with Crippen molar-refractivity contribution in [2.75, 3.05) is 6.54 Å². The molecule has 22 heavy (non-hydrogen) atoms. The van der Waals surface area contributed by atoms with Gasteiger partial charge >= 0.3 is 6.03 Å². The molecular formula is C16H15N3O3. The Morgan fingerprint density at radius 3 is 2.82 bits per heavy atom. The zero-order valence-corrected chi connectivity index (χ0v) is 11.9. The molecule has 0 N–H and O–H groups in total. The molecule has 0 spiro atoms. The summed E-state index contributed by atoms with van der Waals surface area (Å²) in [6.45, 7) is 0.834. The fraction of sp³-hybridized carbons (Fsp3) is 0.312. The first-order valence-electron chi connectivity index (χ1n) is 7.37. The summed E-state index contributed by atoms with van der Waals surface area (Å²) in [6.07, 6.45) is 1.66. The van der Waals surface area contributed by atoms with Gasteiger partial charge in [-0.25, -0.2) is 4.79 Å². The molecule has 2 aliphatic rings. The molecular weight excluding hydrogens is 282 g/mol. The van der Waals surface area contributed by atoms with Gasteiger partial charge in [0.25, 0.3) is 5.91 Å². The molecule has 112 valence electrons. The number of rotatable bonds is 3. The van der Waals surface area contributed by atoms with Crippen molar-refractivity contribution in [1.29, 1.82) is 0 Å². The zero-order chi connectivity index (χ0) is 15.1. The Morgan fingerprint density at radius 2 is 2.05 bits per heavy atom. The third kappa shape index (κ3) is 1.99. The van der Waals surface area contributed by atoms with Crippen LogP contribution in [0.5, 0.6) is 0 Å². The van der Waals surface area contributed by atoms with Crippen LogP contribution in [0.15, 0.2) is 40.9 Å². The van der Waals surface area contributed by atoms with Gasteiger partial charge in [-0.1, -0.05) is 35.5 Å². The minimum Gasteiger partial charge on any atom is -0.356 e. The minimum absolute atomic E-state index is 0.119. The van der Waals surface area contributed by atoms with Gasteiger partial charge in [-0.15, -0.1) is 0 Å². The number of urea groups is 1. The van der Waals surface area contributed by atoms with Gasteiger partial charge in [-0.05, 0) is 12.8 Å². The highest BCUT2D eigenvalue weighted by Crippen LogP contribution is 2.29. The average Bonchev–Trinajstić information content (AvgIpc) is 3.25. The van der Waals surface area contributed by atoms with E-state index in [0.29, 0.717) is 18.0 Å². The van der Waals surface area contributed by atoms with E-state index in [1.807, 2.05) is 30.3 Å². The molecule has 1 aromatic heterocycles. The number of imide groups is 1. The molecule has 0 saturated carbocycles. The third-order valence-electron chi connectivity index (χ3n) is 4.22. The van der Waals surface area contributed by atoms with E-state index in [2.05, 4.69) is 5.16 Å². The molecule has 0 unspecified atom stereocenters. The van der Waals surface area contributed by atoms with E-state index < -0.39 is 0 Å². The Labute approximate surface area is 127 Å². The lowest BCUT2D eigenvalue weighted by Gasteiger charge is -2.13. The average molecular weight is 297 g/mol. The fourth-order valence-electron chi connectivity index (χ4n) is 3.11. The summed E-state index contributed by atoms with van der Waals surface area (Å²) in [7, 11) is 0. The Balaban J connectivity index is 1.54. The predicted molar refractivity (Wildman–Crippen MR) is 77.6 cm³/mol. The molecule has 3 heterocycles. The molecule has 1 aromatic carbocycles. The number of carbonyl (C=O) groups is 2. The highest BCUT2D eigenvalue weighted by molar-refractivity contribution is 6.04. The highest BCUT2D eigenvalue weighted by Gasteiger charge is 2.47. The maximum atomic E-state index is 12.3. The molecule has 0 bridgehead atoms. The molecule has 6 nitrogen and oxygen atoms in total. The van der Waals surface area contributed by atoms with Crippen LogP contribution in [0.4, 0.5) is 4.79 Å². The number of hydrogen-bond acceptors (Lipinski definition) is 4. The molecule has 2 saturated heterocycles. The maximum Gasteiger partial charge on any atom is 0.327 e. The first-order valence-corrected chi connectivity index (χ1v) is 7.37. The second kappa shape index (κ2) is 4.98. The van der Waals surface area contributed by atoms with E-state index in [4.69, 9.17) is 4.52 Å². The van der Waals surface area contributed by atoms with Gasteiger partial charge in [0.2, 0.25) is 0 Å². The Bertz CT molecular complexity index is 703. The Kier molecular flexibility index (Phi) is 2.96. The van der Waals surface area contributed by atoms with Crippen molar-refractivity contribution in [1.82, 2.24) is 15.0 Å². The largest absolute Gasteiger partial charge is 0.356 e. The first kappa shape index (κ1) is 13.1. The van der Waals surface area contributed by atoms with Gasteiger partial charge < -0.3 is 9.42 Å². The summed E-state index contributed by atoms with van der Waals surface area (Å²) in [4.78, 5) is 27.5. The number of aromatic nitrogens is 1. The number of fused-ring (bicyclic) bond motifs is 1. The van der Waals surface area contributed by atoms with Gasteiger partial charge in [0, 0.05) is 18.2 Å². The van der Waals surface area contributed by atoms with E-state index >= 15 is 0 Å². The summed E-state index contributed by atoms with van der Waals surface area (Å²) in [6, 6.07) is 10.9. The molecule has 2 aromatic rings. The molecule has 4 rings (SSSR count). The second-order valence-corrected chi connectivity index (χ2v) is 5.61. The van der Waals surface area contributed by atoms with Crippen LogP contribution in [0.3, 0.4) is 0 Å². The molecule has 1 atom stereocenters. The third-order valence-corrected chi connectivity index (χ3v) is 4.22. The summed E-state index contributed by atoms with van der Waals surface area (Å²) < 4.78 is 5.31. The molecule has 0 radical (unpaired) electrons. The summed E-state index contributed by atoms with van der Waals surface area (Å²) in [5.41, 5.74) is 1.50. The number of benzene rings is 1. The van der Waals surface area contributed by atoms with Crippen LogP contribution >= 0.6 is 0 Å². The van der Waals surface area contributed by atoms with Crippen molar-refractivity contribution in [3.63, 3.8) is 0 Å². The van der Waals surface area contributed by atoms with Crippen LogP contribution in [0, 0.1) is 0 Å². The fourth-order valence-corrected chi connectivity index (χ4v) is 3.11. The number of amides is 3. The highest BCUT2D eigenvalue weighted by atomic mass is 16.5. The van der Waals surface area contributed by atoms with Gasteiger partial charge in [-0.2, -0.15) is 0 Å². The quantitative estimate of drug-likeness (QED) is 0.815. The lowest BCUT2D eigenvalue weighted by molar-refractivity contribution is -0.128. The van der Waals surface area contributed by atoms with Crippen LogP contribution in [0.2, 0.25) is 0 Å². The normalized spacial score (nSPS) is 20.8. The summed E-state index contributed by atoms with van der Waals surface area (Å²) >= 11 is 0. The van der Waals surface area contributed by atoms with Gasteiger partial charge in [0.1, 0.15) is 11.7 Å². The van der Waals surface area contributed by atoms with Crippen LogP contribution in [-0.2, 0) is 11.3 Å². The van der Waals surface area contributed by atoms with Crippen LogP contribution < -0.4 is 0 Å². The topological polar surface area (TPSA) is 66.7 Å². The van der Waals surface area contributed by atoms with E-state index in [1.54, 1.807) is 11.0 Å². The number of hydrogen-bond donors (Lipinski definition) is 0. The summed E-state index contributed by atoms with van der Waals surface area (Å²) in [5.74, 6) is 0.516. The van der Waals surface area contributed by atoms with Crippen molar-refractivity contribution in [2.45, 2.75) is 25.4 Å². The second-order valence-electron chi connectivity index (χ2n) is 5.61. The van der Waals surface area contributed by atoms with Crippen molar-refractivity contribution >= 4 is 11.9 Å². The van der Waals surface area contributed by atoms with Crippen molar-refractivity contribution < 1.29 is 14.1 Å². The van der Waals surface area contributed by atoms with E-state index in [1.165, 1.54) is 4.90 Å². The molecule has 6 heteroatoms. The van der Waals surface area contributed by atoms with Gasteiger partial charge in [0.05, 0.1) is 6.54 Å². The standard InChI is InChI=1S/C16H15N3O3/c20-15-13-7-4-8-18(13)16(21)19(15)10-12-9-14(22-17-12)11-5-2-1-3-6-11/h1-3,5-6,9,13H,4,7-8,10H2/t13-/m0/s1. The van der Waals surface area contributed by atoms with E-state index in [-0.39, 0.29) is 24.5 Å². The van der Waals surface area contributed by atoms with Crippen molar-refractivity contribution in [3.8, 4) is 11.3 Å². The van der Waals surface area contributed by atoms with Gasteiger partial charge in [-0.3, -0.25) is 9.69 Å². The molecule has 2 fully saturated rings. The Hall–Kier alpha value is -2.63. The van der Waals surface area contributed by atoms with Gasteiger partial charge in [0.15, 0.2) is 5.76 Å². The lowest BCUT2D eigenvalue weighted by Crippen LogP contribution is -2.32. The van der Waals surface area contributed by atoms with Crippen molar-refractivity contribution in [2.24, 2.45) is 0 Å². The Morgan fingerprint density at radius 1 is 1.23 bits per heavy atom. The SMILES string of the molecule is O=C1[C@@H]2CCCN2C(=O)N1Cc1cc(-c2ccccc2)on1. The summed E-state index contributed by atoms with van der Waals surface area (Å²) in [5, 5.41) is 3.98. The van der Waals surface area contributed by atoms with Crippen molar-refractivity contribution in [3.05, 3.63) is 42.1 Å². The van der Waals surface area contributed by atoms with Crippen LogP contribution in [0.25, 0.3) is 11.3 Å². The zero-order valence-electron chi connectivity index (χ0n) is 11.9. The smallest absolute Gasteiger partial charge is 0.327 e. The maximum absolute atomic E-state index is 12.3. The van der Waals surface area contributed by atoms with Crippen LogP contribution in [0.1, 0.15) is 18.5 Å². The molecule has 0 aliphatic carbocycles. The monoisotopic (exact) mass is 297 g/mol. The molecule has 3 amide bonds. The molecule has 2 aliphatic heterocycles. The lowest BCUT2D eigenvalue weighted by atomic mass is 10.1. The first-order chi connectivity index (χ1) is 10.7.